The van der Waals surface area contributed by atoms with Crippen molar-refractivity contribution in [3.05, 3.63) is 59.2 Å². The zero-order valence-corrected chi connectivity index (χ0v) is 16.9. The van der Waals surface area contributed by atoms with Gasteiger partial charge in [0.15, 0.2) is 17.5 Å². The first kappa shape index (κ1) is 19.4. The van der Waals surface area contributed by atoms with Gasteiger partial charge >= 0.3 is 0 Å². The molecule has 0 spiro atoms. The maximum absolute atomic E-state index is 5.40. The highest BCUT2D eigenvalue weighted by atomic mass is 127. The Bertz CT molecular complexity index is 734. The number of aliphatic imine (C=N–C) groups is 1. The summed E-state index contributed by atoms with van der Waals surface area (Å²) in [4.78, 5) is 4.26. The van der Waals surface area contributed by atoms with Crippen LogP contribution in [0.5, 0.6) is 11.5 Å². The van der Waals surface area contributed by atoms with Crippen LogP contribution in [0.1, 0.15) is 16.7 Å². The Hall–Kier alpha value is -1.96. The van der Waals surface area contributed by atoms with Crippen LogP contribution in [-0.4, -0.2) is 26.3 Å². The summed E-state index contributed by atoms with van der Waals surface area (Å²) in [6, 6.07) is 14.5. The van der Waals surface area contributed by atoms with Crippen LogP contribution in [0.4, 0.5) is 0 Å². The first-order valence-electron chi connectivity index (χ1n) is 8.13. The van der Waals surface area contributed by atoms with Crippen molar-refractivity contribution in [2.75, 3.05) is 20.4 Å². The van der Waals surface area contributed by atoms with Gasteiger partial charge in [0.1, 0.15) is 0 Å². The Morgan fingerprint density at radius 3 is 2.68 bits per heavy atom. The van der Waals surface area contributed by atoms with Crippen molar-refractivity contribution >= 4 is 29.9 Å². The van der Waals surface area contributed by atoms with E-state index in [2.05, 4.69) is 46.8 Å². The SMILES string of the molecule is CN=C(NCCc1cccc(C)c1)NCc1ccc2c(c1)OCO2.I. The van der Waals surface area contributed by atoms with Crippen molar-refractivity contribution in [3.8, 4) is 11.5 Å². The number of rotatable bonds is 5. The smallest absolute Gasteiger partial charge is 0.231 e. The highest BCUT2D eigenvalue weighted by Gasteiger charge is 2.13. The molecule has 0 saturated heterocycles. The zero-order valence-electron chi connectivity index (χ0n) is 14.5. The summed E-state index contributed by atoms with van der Waals surface area (Å²) in [7, 11) is 1.78. The molecule has 0 radical (unpaired) electrons. The number of fused-ring (bicyclic) bond motifs is 1. The van der Waals surface area contributed by atoms with Gasteiger partial charge in [-0.25, -0.2) is 0 Å². The van der Waals surface area contributed by atoms with Crippen LogP contribution in [0.3, 0.4) is 0 Å². The molecule has 0 bridgehead atoms. The molecule has 0 saturated carbocycles. The third-order valence-corrected chi connectivity index (χ3v) is 3.91. The van der Waals surface area contributed by atoms with E-state index in [1.807, 2.05) is 18.2 Å². The second kappa shape index (κ2) is 9.50. The number of hydrogen-bond donors (Lipinski definition) is 2. The van der Waals surface area contributed by atoms with E-state index < -0.39 is 0 Å². The summed E-state index contributed by atoms with van der Waals surface area (Å²) in [5, 5.41) is 6.66. The fraction of sp³-hybridized carbons (Fsp3) is 0.316. The average molecular weight is 453 g/mol. The van der Waals surface area contributed by atoms with Crippen molar-refractivity contribution in [2.45, 2.75) is 19.9 Å². The Kier molecular flexibility index (Phi) is 7.36. The van der Waals surface area contributed by atoms with E-state index >= 15 is 0 Å². The average Bonchev–Trinajstić information content (AvgIpc) is 3.05. The summed E-state index contributed by atoms with van der Waals surface area (Å²) in [6.45, 7) is 3.93. The fourth-order valence-electron chi connectivity index (χ4n) is 2.65. The number of hydrogen-bond acceptors (Lipinski definition) is 3. The third kappa shape index (κ3) is 5.52. The van der Waals surface area contributed by atoms with E-state index in [-0.39, 0.29) is 24.0 Å². The standard InChI is InChI=1S/C19H23N3O2.HI/c1-14-4-3-5-15(10-14)8-9-21-19(20-2)22-12-16-6-7-17-18(11-16)24-13-23-17;/h3-7,10-11H,8-9,12-13H2,1-2H3,(H2,20,21,22);1H. The summed E-state index contributed by atoms with van der Waals surface area (Å²) in [6.07, 6.45) is 0.965. The number of benzene rings is 2. The first-order chi connectivity index (χ1) is 11.7. The van der Waals surface area contributed by atoms with Gasteiger partial charge in [0.25, 0.3) is 0 Å². The Balaban J connectivity index is 0.00000225. The van der Waals surface area contributed by atoms with Crippen LogP contribution < -0.4 is 20.1 Å². The molecule has 5 nitrogen and oxygen atoms in total. The predicted molar refractivity (Wildman–Crippen MR) is 111 cm³/mol. The zero-order chi connectivity index (χ0) is 16.8. The summed E-state index contributed by atoms with van der Waals surface area (Å²) >= 11 is 0. The molecule has 0 amide bonds. The Labute approximate surface area is 165 Å². The Morgan fingerprint density at radius 2 is 1.88 bits per heavy atom. The van der Waals surface area contributed by atoms with E-state index in [1.54, 1.807) is 7.05 Å². The molecule has 3 rings (SSSR count). The lowest BCUT2D eigenvalue weighted by atomic mass is 10.1. The number of ether oxygens (including phenoxy) is 2. The normalized spacial score (nSPS) is 12.5. The van der Waals surface area contributed by atoms with Gasteiger partial charge in [-0.2, -0.15) is 0 Å². The summed E-state index contributed by atoms with van der Waals surface area (Å²) in [5.41, 5.74) is 3.74. The number of nitrogens with zero attached hydrogens (tertiary/aromatic N) is 1. The van der Waals surface area contributed by atoms with Gasteiger partial charge in [-0.3, -0.25) is 4.99 Å². The molecular formula is C19H24IN3O2. The van der Waals surface area contributed by atoms with Crippen LogP contribution in [0, 0.1) is 6.92 Å². The predicted octanol–water partition coefficient (Wildman–Crippen LogP) is 3.25. The van der Waals surface area contributed by atoms with Crippen molar-refractivity contribution < 1.29 is 9.47 Å². The molecule has 1 aliphatic heterocycles. The lowest BCUT2D eigenvalue weighted by Gasteiger charge is -2.12. The van der Waals surface area contributed by atoms with Crippen LogP contribution in [0.25, 0.3) is 0 Å². The largest absolute Gasteiger partial charge is 0.454 e. The molecule has 2 aromatic carbocycles. The van der Waals surface area contributed by atoms with Gasteiger partial charge in [-0.15, -0.1) is 24.0 Å². The molecule has 0 atom stereocenters. The maximum Gasteiger partial charge on any atom is 0.231 e. The molecule has 1 aliphatic rings. The Morgan fingerprint density at radius 1 is 1.04 bits per heavy atom. The second-order valence-corrected chi connectivity index (χ2v) is 5.78. The highest BCUT2D eigenvalue weighted by Crippen LogP contribution is 2.32. The molecule has 6 heteroatoms. The number of guanidine groups is 1. The van der Waals surface area contributed by atoms with Crippen LogP contribution in [0.15, 0.2) is 47.5 Å². The summed E-state index contributed by atoms with van der Waals surface area (Å²) < 4.78 is 10.7. The highest BCUT2D eigenvalue weighted by molar-refractivity contribution is 14.0. The molecule has 0 aliphatic carbocycles. The van der Waals surface area contributed by atoms with Crippen molar-refractivity contribution in [1.29, 1.82) is 0 Å². The molecule has 25 heavy (non-hydrogen) atoms. The minimum Gasteiger partial charge on any atom is -0.454 e. The molecule has 0 fully saturated rings. The van der Waals surface area contributed by atoms with Crippen molar-refractivity contribution in [1.82, 2.24) is 10.6 Å². The second-order valence-electron chi connectivity index (χ2n) is 5.78. The van der Waals surface area contributed by atoms with Gasteiger partial charge in [-0.1, -0.05) is 35.9 Å². The fourth-order valence-corrected chi connectivity index (χ4v) is 2.65. The van der Waals surface area contributed by atoms with Crippen molar-refractivity contribution in [3.63, 3.8) is 0 Å². The van der Waals surface area contributed by atoms with E-state index in [0.717, 1.165) is 36.0 Å². The van der Waals surface area contributed by atoms with Crippen LogP contribution in [-0.2, 0) is 13.0 Å². The molecule has 1 heterocycles. The minimum absolute atomic E-state index is 0. The molecular weight excluding hydrogens is 429 g/mol. The van der Waals surface area contributed by atoms with E-state index in [1.165, 1.54) is 11.1 Å². The molecule has 2 N–H and O–H groups in total. The van der Waals surface area contributed by atoms with Gasteiger partial charge in [0, 0.05) is 20.1 Å². The summed E-state index contributed by atoms with van der Waals surface area (Å²) in [5.74, 6) is 2.40. The van der Waals surface area contributed by atoms with Gasteiger partial charge in [0.05, 0.1) is 0 Å². The number of nitrogens with one attached hydrogen (secondary N) is 2. The third-order valence-electron chi connectivity index (χ3n) is 3.91. The van der Waals surface area contributed by atoms with E-state index in [4.69, 9.17) is 9.47 Å². The van der Waals surface area contributed by atoms with Crippen LogP contribution >= 0.6 is 24.0 Å². The van der Waals surface area contributed by atoms with Gasteiger partial charge in [-0.05, 0) is 36.6 Å². The minimum atomic E-state index is 0. The van der Waals surface area contributed by atoms with Crippen molar-refractivity contribution in [2.24, 2.45) is 4.99 Å². The molecule has 0 unspecified atom stereocenters. The molecule has 2 aromatic rings. The van der Waals surface area contributed by atoms with E-state index in [0.29, 0.717) is 13.3 Å². The number of aryl methyl sites for hydroxylation is 1. The number of halogens is 1. The molecule has 0 aromatic heterocycles. The first-order valence-corrected chi connectivity index (χ1v) is 8.13. The van der Waals surface area contributed by atoms with Gasteiger partial charge < -0.3 is 20.1 Å². The van der Waals surface area contributed by atoms with Crippen LogP contribution in [0.2, 0.25) is 0 Å². The maximum atomic E-state index is 5.40. The van der Waals surface area contributed by atoms with Gasteiger partial charge in [0.2, 0.25) is 6.79 Å². The lowest BCUT2D eigenvalue weighted by Crippen LogP contribution is -2.37. The van der Waals surface area contributed by atoms with E-state index in [9.17, 15) is 0 Å². The quantitative estimate of drug-likeness (QED) is 0.415. The lowest BCUT2D eigenvalue weighted by molar-refractivity contribution is 0.174. The topological polar surface area (TPSA) is 54.9 Å². The molecule has 134 valence electrons. The monoisotopic (exact) mass is 453 g/mol.